The van der Waals surface area contributed by atoms with Gasteiger partial charge in [-0.1, -0.05) is 11.6 Å². The Morgan fingerprint density at radius 2 is 2.11 bits per heavy atom. The molecule has 0 fully saturated rings. The highest BCUT2D eigenvalue weighted by Crippen LogP contribution is 2.25. The van der Waals surface area contributed by atoms with E-state index in [1.165, 1.54) is 13.2 Å². The summed E-state index contributed by atoms with van der Waals surface area (Å²) in [4.78, 5) is 11.6. The Hall–Kier alpha value is -1.15. The lowest BCUT2D eigenvalue weighted by Crippen LogP contribution is -2.27. The molecule has 0 bridgehead atoms. The van der Waals surface area contributed by atoms with Crippen LogP contribution >= 0.6 is 11.6 Å². The Balaban J connectivity index is 3.11. The SMILES string of the molecule is COCCNC(=O)c1cc(C)c(Cl)c(S(N)(=O)=O)c1. The number of carbonyl (C=O) groups is 1. The minimum atomic E-state index is -3.97. The number of aryl methyl sites for hydroxylation is 1. The van der Waals surface area contributed by atoms with E-state index in [0.717, 1.165) is 6.07 Å². The highest BCUT2D eigenvalue weighted by Gasteiger charge is 2.18. The first-order valence-electron chi connectivity index (χ1n) is 5.37. The van der Waals surface area contributed by atoms with E-state index in [-0.39, 0.29) is 15.5 Å². The summed E-state index contributed by atoms with van der Waals surface area (Å²) in [6.45, 7) is 2.28. The van der Waals surface area contributed by atoms with E-state index < -0.39 is 15.9 Å². The number of nitrogens with two attached hydrogens (primary N) is 1. The van der Waals surface area contributed by atoms with Crippen LogP contribution in [0.25, 0.3) is 0 Å². The second kappa shape index (κ2) is 6.33. The van der Waals surface area contributed by atoms with Gasteiger partial charge in [0.1, 0.15) is 4.90 Å². The zero-order chi connectivity index (χ0) is 14.6. The van der Waals surface area contributed by atoms with Crippen molar-refractivity contribution in [2.75, 3.05) is 20.3 Å². The van der Waals surface area contributed by atoms with Gasteiger partial charge in [0.05, 0.1) is 11.6 Å². The van der Waals surface area contributed by atoms with Gasteiger partial charge < -0.3 is 10.1 Å². The molecule has 0 aliphatic rings. The Morgan fingerprint density at radius 3 is 2.63 bits per heavy atom. The standard InChI is InChI=1S/C11H15ClN2O4S/c1-7-5-8(11(15)14-3-4-18-2)6-9(10(7)12)19(13,16)17/h5-6H,3-4H2,1-2H3,(H,14,15)(H2,13,16,17). The number of carbonyl (C=O) groups excluding carboxylic acids is 1. The van der Waals surface area contributed by atoms with Crippen LogP contribution < -0.4 is 10.5 Å². The van der Waals surface area contributed by atoms with Crippen molar-refractivity contribution in [1.82, 2.24) is 5.32 Å². The zero-order valence-electron chi connectivity index (χ0n) is 10.6. The molecular formula is C11H15ClN2O4S. The maximum atomic E-state index is 11.8. The second-order valence-corrected chi connectivity index (χ2v) is 5.81. The quantitative estimate of drug-likeness (QED) is 0.781. The summed E-state index contributed by atoms with van der Waals surface area (Å²) >= 11 is 5.87. The minimum Gasteiger partial charge on any atom is -0.383 e. The molecule has 1 rings (SSSR count). The number of nitrogens with one attached hydrogen (secondary N) is 1. The van der Waals surface area contributed by atoms with Crippen LogP contribution in [0.2, 0.25) is 5.02 Å². The van der Waals surface area contributed by atoms with Crippen molar-refractivity contribution in [3.05, 3.63) is 28.3 Å². The van der Waals surface area contributed by atoms with E-state index in [2.05, 4.69) is 5.32 Å². The molecule has 1 aromatic rings. The van der Waals surface area contributed by atoms with Gasteiger partial charge in [-0.15, -0.1) is 0 Å². The topological polar surface area (TPSA) is 98.5 Å². The van der Waals surface area contributed by atoms with Crippen LogP contribution in [0.1, 0.15) is 15.9 Å². The van der Waals surface area contributed by atoms with Gasteiger partial charge in [0, 0.05) is 19.2 Å². The van der Waals surface area contributed by atoms with Crippen molar-refractivity contribution in [2.45, 2.75) is 11.8 Å². The fraction of sp³-hybridized carbons (Fsp3) is 0.364. The molecule has 0 saturated heterocycles. The number of methoxy groups -OCH3 is 1. The van der Waals surface area contributed by atoms with Crippen molar-refractivity contribution in [2.24, 2.45) is 5.14 Å². The van der Waals surface area contributed by atoms with Crippen LogP contribution in [0.3, 0.4) is 0 Å². The zero-order valence-corrected chi connectivity index (χ0v) is 12.1. The van der Waals surface area contributed by atoms with Gasteiger partial charge in [-0.25, -0.2) is 13.6 Å². The average Bonchev–Trinajstić information content (AvgIpc) is 2.31. The van der Waals surface area contributed by atoms with Crippen LogP contribution in [0.5, 0.6) is 0 Å². The fourth-order valence-corrected chi connectivity index (χ4v) is 2.58. The van der Waals surface area contributed by atoms with Gasteiger partial charge in [0.25, 0.3) is 5.91 Å². The first kappa shape index (κ1) is 15.9. The fourth-order valence-electron chi connectivity index (χ4n) is 1.44. The van der Waals surface area contributed by atoms with Crippen LogP contribution in [-0.4, -0.2) is 34.6 Å². The summed E-state index contributed by atoms with van der Waals surface area (Å²) in [7, 11) is -2.46. The molecular weight excluding hydrogens is 292 g/mol. The molecule has 1 amide bonds. The summed E-state index contributed by atoms with van der Waals surface area (Å²) in [5, 5.41) is 7.66. The van der Waals surface area contributed by atoms with E-state index in [0.29, 0.717) is 18.7 Å². The van der Waals surface area contributed by atoms with Gasteiger partial charge in [-0.2, -0.15) is 0 Å². The van der Waals surface area contributed by atoms with Crippen LogP contribution in [0.4, 0.5) is 0 Å². The number of hydrogen-bond acceptors (Lipinski definition) is 4. The number of halogens is 1. The van der Waals surface area contributed by atoms with E-state index in [1.807, 2.05) is 0 Å². The molecule has 0 aliphatic heterocycles. The van der Waals surface area contributed by atoms with Gasteiger partial charge in [0.15, 0.2) is 0 Å². The lowest BCUT2D eigenvalue weighted by atomic mass is 10.1. The Kier molecular flexibility index (Phi) is 5.30. The third-order valence-corrected chi connectivity index (χ3v) is 3.93. The van der Waals surface area contributed by atoms with E-state index in [9.17, 15) is 13.2 Å². The van der Waals surface area contributed by atoms with Crippen LogP contribution in [0, 0.1) is 6.92 Å². The maximum absolute atomic E-state index is 11.8. The van der Waals surface area contributed by atoms with E-state index >= 15 is 0 Å². The molecule has 19 heavy (non-hydrogen) atoms. The third kappa shape index (κ3) is 4.17. The number of rotatable bonds is 5. The summed E-state index contributed by atoms with van der Waals surface area (Å²) in [6.07, 6.45) is 0. The van der Waals surface area contributed by atoms with Crippen molar-refractivity contribution in [3.8, 4) is 0 Å². The molecule has 0 aromatic heterocycles. The molecule has 0 radical (unpaired) electrons. The third-order valence-electron chi connectivity index (χ3n) is 2.38. The van der Waals surface area contributed by atoms with Crippen LogP contribution in [-0.2, 0) is 14.8 Å². The molecule has 0 unspecified atom stereocenters. The summed E-state index contributed by atoms with van der Waals surface area (Å²) in [6, 6.07) is 2.66. The Bertz CT molecular complexity index is 587. The highest BCUT2D eigenvalue weighted by molar-refractivity contribution is 7.89. The van der Waals surface area contributed by atoms with Crippen molar-refractivity contribution in [1.29, 1.82) is 0 Å². The largest absolute Gasteiger partial charge is 0.383 e. The number of primary sulfonamides is 1. The maximum Gasteiger partial charge on any atom is 0.251 e. The molecule has 0 aliphatic carbocycles. The molecule has 8 heteroatoms. The van der Waals surface area contributed by atoms with Gasteiger partial charge in [-0.05, 0) is 24.6 Å². The summed E-state index contributed by atoms with van der Waals surface area (Å²) in [5.74, 6) is -0.415. The minimum absolute atomic E-state index is 0.0240. The first-order chi connectivity index (χ1) is 8.77. The smallest absolute Gasteiger partial charge is 0.251 e. The van der Waals surface area contributed by atoms with E-state index in [1.54, 1.807) is 6.92 Å². The van der Waals surface area contributed by atoms with E-state index in [4.69, 9.17) is 21.5 Å². The van der Waals surface area contributed by atoms with Gasteiger partial charge >= 0.3 is 0 Å². The number of hydrogen-bond donors (Lipinski definition) is 2. The lowest BCUT2D eigenvalue weighted by molar-refractivity contribution is 0.0937. The predicted octanol–water partition coefficient (Wildman–Crippen LogP) is 0.672. The highest BCUT2D eigenvalue weighted by atomic mass is 35.5. The molecule has 106 valence electrons. The number of ether oxygens (including phenoxy) is 1. The Morgan fingerprint density at radius 1 is 1.47 bits per heavy atom. The van der Waals surface area contributed by atoms with Crippen LogP contribution in [0.15, 0.2) is 17.0 Å². The molecule has 6 nitrogen and oxygen atoms in total. The lowest BCUT2D eigenvalue weighted by Gasteiger charge is -2.09. The molecule has 3 N–H and O–H groups in total. The molecule has 0 saturated carbocycles. The van der Waals surface area contributed by atoms with Crippen molar-refractivity contribution >= 4 is 27.5 Å². The summed E-state index contributed by atoms with van der Waals surface area (Å²) < 4.78 is 27.6. The first-order valence-corrected chi connectivity index (χ1v) is 7.30. The van der Waals surface area contributed by atoms with Gasteiger partial charge in [0.2, 0.25) is 10.0 Å². The number of sulfonamides is 1. The normalized spacial score (nSPS) is 11.4. The molecule has 0 spiro atoms. The Labute approximate surface area is 116 Å². The molecule has 0 heterocycles. The second-order valence-electron chi connectivity index (χ2n) is 3.90. The average molecular weight is 307 g/mol. The monoisotopic (exact) mass is 306 g/mol. The predicted molar refractivity (Wildman–Crippen MR) is 71.8 cm³/mol. The van der Waals surface area contributed by atoms with Crippen molar-refractivity contribution in [3.63, 3.8) is 0 Å². The summed E-state index contributed by atoms with van der Waals surface area (Å²) in [5.41, 5.74) is 0.645. The molecule has 0 atom stereocenters. The number of benzene rings is 1. The molecule has 1 aromatic carbocycles. The van der Waals surface area contributed by atoms with Crippen molar-refractivity contribution < 1.29 is 17.9 Å². The number of amides is 1. The van der Waals surface area contributed by atoms with Gasteiger partial charge in [-0.3, -0.25) is 4.79 Å².